The van der Waals surface area contributed by atoms with Gasteiger partial charge in [-0.15, -0.1) is 0 Å². The summed E-state index contributed by atoms with van der Waals surface area (Å²) in [7, 11) is 2.03. The zero-order valence-electron chi connectivity index (χ0n) is 35.8. The van der Waals surface area contributed by atoms with Gasteiger partial charge in [-0.2, -0.15) is 5.10 Å². The highest BCUT2D eigenvalue weighted by Crippen LogP contribution is 2.24. The fourth-order valence-corrected chi connectivity index (χ4v) is 7.22. The number of amides is 1. The lowest BCUT2D eigenvalue weighted by molar-refractivity contribution is -0.00337. The second-order valence-corrected chi connectivity index (χ2v) is 15.5. The van der Waals surface area contributed by atoms with Gasteiger partial charge in [-0.1, -0.05) is 136 Å². The van der Waals surface area contributed by atoms with E-state index in [9.17, 15) is 9.59 Å². The van der Waals surface area contributed by atoms with Gasteiger partial charge in [-0.25, -0.2) is 0 Å². The third-order valence-electron chi connectivity index (χ3n) is 10.7. The van der Waals surface area contributed by atoms with Crippen LogP contribution >= 0.6 is 0 Å². The van der Waals surface area contributed by atoms with Crippen molar-refractivity contribution in [2.24, 2.45) is 5.73 Å². The molecular formula is C49H68N6O4. The fourth-order valence-electron chi connectivity index (χ4n) is 7.22. The molecule has 1 aliphatic rings. The summed E-state index contributed by atoms with van der Waals surface area (Å²) in [5.41, 5.74) is 9.41. The lowest BCUT2D eigenvalue weighted by Crippen LogP contribution is -2.43. The van der Waals surface area contributed by atoms with Gasteiger partial charge in [0.1, 0.15) is 11.9 Å². The highest BCUT2D eigenvalue weighted by Gasteiger charge is 2.27. The van der Waals surface area contributed by atoms with Crippen LogP contribution in [0, 0.1) is 0 Å². The summed E-state index contributed by atoms with van der Waals surface area (Å²) in [5.74, 6) is -0.456. The van der Waals surface area contributed by atoms with Crippen LogP contribution in [-0.2, 0) is 22.6 Å². The largest absolute Gasteiger partial charge is 0.382 e. The molecule has 1 heterocycles. The molecule has 5 atom stereocenters. The van der Waals surface area contributed by atoms with E-state index in [0.717, 1.165) is 60.6 Å². The van der Waals surface area contributed by atoms with Crippen molar-refractivity contribution >= 4 is 23.0 Å². The molecule has 10 nitrogen and oxygen atoms in total. The number of carbonyl (C=O) groups excluding carboxylic acids is 2. The summed E-state index contributed by atoms with van der Waals surface area (Å²) < 4.78 is 13.5. The Balaban J connectivity index is 0.000000343. The van der Waals surface area contributed by atoms with E-state index >= 15 is 0 Å². The molecule has 10 heteroatoms. The number of fused-ring (bicyclic) bond motifs is 1. The number of carbonyl (C=O) groups is 2. The van der Waals surface area contributed by atoms with Crippen molar-refractivity contribution in [1.29, 1.82) is 0 Å². The molecule has 3 aromatic carbocycles. The zero-order chi connectivity index (χ0) is 42.2. The van der Waals surface area contributed by atoms with Crippen LogP contribution in [-0.4, -0.2) is 59.9 Å². The van der Waals surface area contributed by atoms with Gasteiger partial charge in [0.2, 0.25) is 0 Å². The molecule has 1 saturated carbocycles. The topological polar surface area (TPSA) is 133 Å². The molecule has 0 radical (unpaired) electrons. The minimum Gasteiger partial charge on any atom is -0.382 e. The molecular weight excluding hydrogens is 737 g/mol. The average molecular weight is 805 g/mol. The molecule has 5 rings (SSSR count). The Labute approximate surface area is 352 Å². The van der Waals surface area contributed by atoms with Crippen molar-refractivity contribution in [3.63, 3.8) is 0 Å². The van der Waals surface area contributed by atoms with E-state index in [2.05, 4.69) is 71.8 Å². The second kappa shape index (κ2) is 26.3. The Hall–Kier alpha value is -4.87. The fraction of sp³-hybridized carbons (Fsp3) is 0.449. The smallest absolute Gasteiger partial charge is 0.273 e. The SMILES string of the molecule is C/C=C\C=C/CCO[C@H](C)CCCCC[C@@H](C)NC.C=C(Cn1nc(C(=O)N[C@@H](N)c2cccc3ccccc23)cc1C=O)NC1CCCC[C@@H]1OCc1ccccc1. The molecule has 5 N–H and O–H groups in total. The van der Waals surface area contributed by atoms with Gasteiger partial charge in [-0.3, -0.25) is 14.3 Å². The molecule has 1 fully saturated rings. The van der Waals surface area contributed by atoms with Gasteiger partial charge >= 0.3 is 0 Å². The third kappa shape index (κ3) is 16.4. The highest BCUT2D eigenvalue weighted by atomic mass is 16.5. The maximum atomic E-state index is 13.0. The first kappa shape index (κ1) is 46.8. The number of aromatic nitrogens is 2. The quantitative estimate of drug-likeness (QED) is 0.0253. The predicted octanol–water partition coefficient (Wildman–Crippen LogP) is 9.34. The van der Waals surface area contributed by atoms with E-state index in [-0.39, 0.29) is 30.1 Å². The van der Waals surface area contributed by atoms with Gasteiger partial charge in [-0.05, 0) is 87.9 Å². The Morgan fingerprint density at radius 2 is 1.73 bits per heavy atom. The summed E-state index contributed by atoms with van der Waals surface area (Å²) in [4.78, 5) is 24.9. The second-order valence-electron chi connectivity index (χ2n) is 15.5. The average Bonchev–Trinajstić information content (AvgIpc) is 3.67. The number of benzene rings is 3. The molecule has 1 amide bonds. The van der Waals surface area contributed by atoms with E-state index in [0.29, 0.717) is 30.7 Å². The van der Waals surface area contributed by atoms with Crippen LogP contribution in [0.15, 0.2) is 115 Å². The van der Waals surface area contributed by atoms with E-state index in [1.165, 1.54) is 42.9 Å². The Kier molecular flexibility index (Phi) is 20.8. The summed E-state index contributed by atoms with van der Waals surface area (Å²) >= 11 is 0. The summed E-state index contributed by atoms with van der Waals surface area (Å²) in [6.45, 7) is 12.3. The number of nitrogens with one attached hydrogen (secondary N) is 3. The molecule has 0 bridgehead atoms. The van der Waals surface area contributed by atoms with Crippen molar-refractivity contribution in [1.82, 2.24) is 25.7 Å². The van der Waals surface area contributed by atoms with Gasteiger partial charge < -0.3 is 31.2 Å². The number of nitrogens with two attached hydrogens (primary N) is 1. The van der Waals surface area contributed by atoms with E-state index in [1.807, 2.05) is 80.7 Å². The minimum absolute atomic E-state index is 0.0609. The zero-order valence-corrected chi connectivity index (χ0v) is 35.8. The number of aldehydes is 1. The normalized spacial score (nSPS) is 17.0. The molecule has 1 unspecified atom stereocenters. The van der Waals surface area contributed by atoms with Gasteiger partial charge in [0.05, 0.1) is 38.0 Å². The van der Waals surface area contributed by atoms with Crippen molar-refractivity contribution < 1.29 is 19.1 Å². The van der Waals surface area contributed by atoms with Crippen LogP contribution in [0.25, 0.3) is 10.8 Å². The maximum Gasteiger partial charge on any atom is 0.273 e. The number of allylic oxidation sites excluding steroid dienone is 4. The van der Waals surface area contributed by atoms with Crippen LogP contribution in [0.4, 0.5) is 0 Å². The molecule has 1 aliphatic carbocycles. The number of rotatable bonds is 23. The number of nitrogens with zero attached hydrogens (tertiary/aromatic N) is 2. The van der Waals surface area contributed by atoms with Crippen LogP contribution < -0.4 is 21.7 Å². The summed E-state index contributed by atoms with van der Waals surface area (Å²) in [5, 5.41) is 16.0. The molecule has 318 valence electrons. The third-order valence-corrected chi connectivity index (χ3v) is 10.7. The van der Waals surface area contributed by atoms with Crippen LogP contribution in [0.2, 0.25) is 0 Å². The van der Waals surface area contributed by atoms with Crippen LogP contribution in [0.5, 0.6) is 0 Å². The van der Waals surface area contributed by atoms with E-state index in [1.54, 1.807) is 0 Å². The first-order valence-electron chi connectivity index (χ1n) is 21.5. The lowest BCUT2D eigenvalue weighted by atomic mass is 9.92. The summed E-state index contributed by atoms with van der Waals surface area (Å²) in [6.07, 6.45) is 20.3. The number of unbranched alkanes of at least 4 members (excludes halogenated alkanes) is 2. The van der Waals surface area contributed by atoms with Gasteiger partial charge in [0.15, 0.2) is 12.0 Å². The number of hydrogen-bond donors (Lipinski definition) is 4. The number of ether oxygens (including phenoxy) is 2. The maximum absolute atomic E-state index is 13.0. The van der Waals surface area contributed by atoms with Crippen molar-refractivity contribution in [2.75, 3.05) is 13.7 Å². The monoisotopic (exact) mass is 805 g/mol. The summed E-state index contributed by atoms with van der Waals surface area (Å²) in [6, 6.07) is 26.0. The van der Waals surface area contributed by atoms with Crippen molar-refractivity contribution in [2.45, 2.75) is 129 Å². The van der Waals surface area contributed by atoms with Gasteiger partial charge in [0.25, 0.3) is 5.91 Å². The molecule has 0 saturated heterocycles. The molecule has 4 aromatic rings. The van der Waals surface area contributed by atoms with Crippen LogP contribution in [0.1, 0.15) is 123 Å². The molecule has 1 aromatic heterocycles. The molecule has 59 heavy (non-hydrogen) atoms. The standard InChI is InChI=1S/C32H35N5O3.C17H33NO/c1-22(34-28-16-7-8-17-30(28)40-21-23-10-3-2-4-11-23)19-37-25(20-38)18-29(36-37)32(39)35-31(33)27-15-9-13-24-12-5-6-14-26(24)27;1-5-6-7-8-12-15-19-17(3)14-11-9-10-13-16(2)18-4/h2-6,9-15,18,20,28,30-31,34H,1,7-8,16-17,19,21,33H2,(H,35,39);5-8,16-18H,9-15H2,1-4H3/b;6-5-,8-7-/t28?,30-,31+;16-,17-/m01/s1. The van der Waals surface area contributed by atoms with Crippen molar-refractivity contribution in [3.8, 4) is 0 Å². The van der Waals surface area contributed by atoms with Crippen LogP contribution in [0.3, 0.4) is 0 Å². The Bertz CT molecular complexity index is 1900. The van der Waals surface area contributed by atoms with E-state index < -0.39 is 12.1 Å². The Morgan fingerprint density at radius 3 is 2.51 bits per heavy atom. The Morgan fingerprint density at radius 1 is 0.983 bits per heavy atom. The molecule has 0 spiro atoms. The van der Waals surface area contributed by atoms with E-state index in [4.69, 9.17) is 15.2 Å². The first-order valence-corrected chi connectivity index (χ1v) is 21.5. The minimum atomic E-state index is -0.737. The van der Waals surface area contributed by atoms with Crippen molar-refractivity contribution in [3.05, 3.63) is 138 Å². The number of hydrogen-bond acceptors (Lipinski definition) is 8. The highest BCUT2D eigenvalue weighted by molar-refractivity contribution is 5.94. The first-order chi connectivity index (χ1) is 28.7. The predicted molar refractivity (Wildman–Crippen MR) is 241 cm³/mol. The van der Waals surface area contributed by atoms with Gasteiger partial charge in [0, 0.05) is 11.7 Å². The molecule has 0 aliphatic heterocycles. The lowest BCUT2D eigenvalue weighted by Gasteiger charge is -2.33.